The van der Waals surface area contributed by atoms with Gasteiger partial charge in [-0.2, -0.15) is 0 Å². The van der Waals surface area contributed by atoms with E-state index in [9.17, 15) is 1.37 Å². The van der Waals surface area contributed by atoms with Gasteiger partial charge in [0, 0.05) is 27.3 Å². The van der Waals surface area contributed by atoms with Crippen LogP contribution in [0.2, 0.25) is 0 Å². The van der Waals surface area contributed by atoms with E-state index in [0.29, 0.717) is 16.5 Å². The Kier molecular flexibility index (Phi) is 3.38. The first-order chi connectivity index (χ1) is 33.1. The zero-order valence-corrected chi connectivity index (χ0v) is 25.3. The molecule has 4 nitrogen and oxygen atoms in total. The number of aromatic nitrogens is 2. The molecule has 3 heterocycles. The number of benzene rings is 7. The second-order valence-electron chi connectivity index (χ2n) is 11.1. The van der Waals surface area contributed by atoms with Crippen LogP contribution >= 0.6 is 0 Å². The molecule has 3 aromatic heterocycles. The van der Waals surface area contributed by atoms with Crippen LogP contribution in [0.15, 0.2) is 178 Å². The fraction of sp³-hybridized carbons (Fsp3) is 0. The average molecular weight is 661 g/mol. The molecule has 0 saturated heterocycles. The Morgan fingerprint density at radius 2 is 1.12 bits per heavy atom. The van der Waals surface area contributed by atoms with Crippen molar-refractivity contribution in [2.45, 2.75) is 0 Å². The monoisotopic (exact) mass is 660 g/mol. The lowest BCUT2D eigenvalue weighted by molar-refractivity contribution is 0.667. The third-order valence-corrected chi connectivity index (χ3v) is 8.15. The van der Waals surface area contributed by atoms with Crippen molar-refractivity contribution in [3.05, 3.63) is 170 Å². The maximum absolute atomic E-state index is 9.36. The van der Waals surface area contributed by atoms with Gasteiger partial charge in [-0.25, -0.2) is 9.97 Å². The van der Waals surface area contributed by atoms with Crippen LogP contribution in [0.1, 0.15) is 27.4 Å². The molecule has 10 aromatic rings. The van der Waals surface area contributed by atoms with Crippen LogP contribution in [-0.4, -0.2) is 9.97 Å². The van der Waals surface area contributed by atoms with Gasteiger partial charge >= 0.3 is 0 Å². The molecule has 0 aliphatic rings. The van der Waals surface area contributed by atoms with E-state index < -0.39 is 143 Å². The maximum Gasteiger partial charge on any atom is 0.180 e. The molecule has 10 rings (SSSR count). The van der Waals surface area contributed by atoms with Crippen molar-refractivity contribution >= 4 is 44.0 Å². The lowest BCUT2D eigenvalue weighted by Crippen LogP contribution is -1.88. The fourth-order valence-corrected chi connectivity index (χ4v) is 5.84. The molecule has 0 saturated carbocycles. The number of furan rings is 2. The predicted molar refractivity (Wildman–Crippen MR) is 204 cm³/mol. The van der Waals surface area contributed by atoms with Gasteiger partial charge in [-0.15, -0.1) is 0 Å². The summed E-state index contributed by atoms with van der Waals surface area (Å²) in [6, 6.07) is -1.96. The van der Waals surface area contributed by atoms with E-state index in [1.165, 1.54) is 24.5 Å². The molecule has 234 valence electrons. The number of nitrogens with zero attached hydrogens (tertiary/aromatic N) is 2. The minimum absolute atomic E-state index is 0.0487. The third kappa shape index (κ3) is 4.69. The van der Waals surface area contributed by atoms with Crippen molar-refractivity contribution in [1.82, 2.24) is 9.97 Å². The Morgan fingerprint density at radius 3 is 2.00 bits per heavy atom. The summed E-state index contributed by atoms with van der Waals surface area (Å²) in [6.45, 7) is 0. The molecule has 0 aliphatic carbocycles. The normalized spacial score (nSPS) is 17.2. The summed E-state index contributed by atoms with van der Waals surface area (Å²) in [6.07, 6.45) is 1.26. The van der Waals surface area contributed by atoms with Crippen LogP contribution in [0.3, 0.4) is 0 Å². The number of fused-ring (bicyclic) bond motifs is 6. The van der Waals surface area contributed by atoms with Gasteiger partial charge in [-0.05, 0) is 69.2 Å². The van der Waals surface area contributed by atoms with E-state index in [1.54, 1.807) is 24.3 Å². The Morgan fingerprint density at radius 1 is 0.440 bits per heavy atom. The van der Waals surface area contributed by atoms with Gasteiger partial charge in [0.05, 0.1) is 27.4 Å². The summed E-state index contributed by atoms with van der Waals surface area (Å²) in [4.78, 5) is 8.97. The fourth-order valence-electron chi connectivity index (χ4n) is 5.84. The van der Waals surface area contributed by atoms with Gasteiger partial charge in [0.25, 0.3) is 0 Å². The molecule has 0 spiro atoms. The lowest BCUT2D eigenvalue weighted by atomic mass is 9.96. The Hall–Kier alpha value is -6.78. The highest BCUT2D eigenvalue weighted by molar-refractivity contribution is 6.10. The SMILES string of the molecule is [2H]c1c([2H])c([2H])c(-c2c([2H])c([2H])c(-c3c([2H])c([2H])c([2H])c(-c4ccc5oc6c(-c7cccc(-c8c([2H])c([2H])c([2H])c9c8oc8c([2H])c([2H])c([2H])c([2H])c89)c7)ncnc6c5c4)c3[2H])c([2H])c2[2H])c([2H])c1[2H]. The van der Waals surface area contributed by atoms with Gasteiger partial charge in [-0.1, -0.05) is 133 Å². The molecule has 0 atom stereocenters. The topological polar surface area (TPSA) is 52.1 Å². The molecule has 7 aromatic carbocycles. The zero-order valence-electron chi connectivity index (χ0n) is 45.3. The van der Waals surface area contributed by atoms with Crippen molar-refractivity contribution < 1.29 is 36.2 Å². The zero-order chi connectivity index (χ0) is 50.4. The molecular formula is C46H28N2O2. The van der Waals surface area contributed by atoms with E-state index >= 15 is 0 Å². The van der Waals surface area contributed by atoms with Crippen molar-refractivity contribution in [3.8, 4) is 55.8 Å². The van der Waals surface area contributed by atoms with Crippen LogP contribution < -0.4 is 0 Å². The molecule has 0 radical (unpaired) electrons. The van der Waals surface area contributed by atoms with E-state index in [0.717, 1.165) is 0 Å². The second-order valence-corrected chi connectivity index (χ2v) is 11.1. The molecule has 0 aliphatic heterocycles. The van der Waals surface area contributed by atoms with Crippen LogP contribution in [0, 0.1) is 0 Å². The number of hydrogen-bond donors (Lipinski definition) is 0. The van der Waals surface area contributed by atoms with Crippen LogP contribution in [0.25, 0.3) is 99.8 Å². The van der Waals surface area contributed by atoms with Gasteiger partial charge < -0.3 is 8.83 Å². The first kappa shape index (κ1) is 14.8. The summed E-state index contributed by atoms with van der Waals surface area (Å²) in [7, 11) is 0. The second kappa shape index (κ2) is 11.4. The molecule has 50 heavy (non-hydrogen) atoms. The Balaban J connectivity index is 1.12. The van der Waals surface area contributed by atoms with Gasteiger partial charge in [0.1, 0.15) is 34.3 Å². The highest BCUT2D eigenvalue weighted by Crippen LogP contribution is 2.39. The number of para-hydroxylation sites is 2. The minimum atomic E-state index is -0.823. The van der Waals surface area contributed by atoms with Crippen LogP contribution in [0.5, 0.6) is 0 Å². The highest BCUT2D eigenvalue weighted by Gasteiger charge is 2.18. The quantitative estimate of drug-likeness (QED) is 0.184. The highest BCUT2D eigenvalue weighted by atomic mass is 16.3. The molecule has 0 N–H and O–H groups in total. The summed E-state index contributed by atoms with van der Waals surface area (Å²) in [5, 5.41) is 0.207. The molecule has 4 heteroatoms. The largest absolute Gasteiger partial charge is 0.455 e. The Bertz CT molecular complexity index is 3980. The molecule has 0 unspecified atom stereocenters. The van der Waals surface area contributed by atoms with E-state index in [-0.39, 0.29) is 61.0 Å². The first-order valence-electron chi connectivity index (χ1n) is 25.1. The summed E-state index contributed by atoms with van der Waals surface area (Å²) in [5.74, 6) is 0. The maximum atomic E-state index is 9.36. The van der Waals surface area contributed by atoms with E-state index in [2.05, 4.69) is 9.97 Å². The summed E-state index contributed by atoms with van der Waals surface area (Å²) >= 11 is 0. The van der Waals surface area contributed by atoms with Gasteiger partial charge in [0.2, 0.25) is 0 Å². The van der Waals surface area contributed by atoms with Crippen molar-refractivity contribution in [2.24, 2.45) is 0 Å². The van der Waals surface area contributed by atoms with Crippen LogP contribution in [-0.2, 0) is 0 Å². The van der Waals surface area contributed by atoms with Gasteiger partial charge in [0.15, 0.2) is 5.58 Å². The summed E-state index contributed by atoms with van der Waals surface area (Å²) in [5.41, 5.74) is -0.921. The molecular weight excluding hydrogens is 613 g/mol. The average Bonchev–Trinajstić information content (AvgIpc) is 3.93. The predicted octanol–water partition coefficient (Wildman–Crippen LogP) is 12.6. The number of hydrogen-bond acceptors (Lipinski definition) is 4. The van der Waals surface area contributed by atoms with Crippen molar-refractivity contribution in [2.75, 3.05) is 0 Å². The number of rotatable bonds is 5. The standard InChI is InChI=1S/C46H28N2O2/c1-2-9-29(10-3-1)30-19-21-31(22-20-30)32-11-6-12-33(25-32)34-23-24-42-40(27-34)44-46(50-42)43(47-28-48-44)36-14-7-13-35(26-36)37-16-8-17-39-38-15-4-5-18-41(38)49-45(37)39/h1-28H/i1D,2D,3D,4D,5D,6D,8D,9D,10D,11D,12D,15D,16D,17D,18D,19D,20D,21D,22D,25D. The smallest absolute Gasteiger partial charge is 0.180 e. The Labute approximate surface area is 316 Å². The van der Waals surface area contributed by atoms with Gasteiger partial charge in [-0.3, -0.25) is 0 Å². The molecule has 0 amide bonds. The van der Waals surface area contributed by atoms with Crippen molar-refractivity contribution in [3.63, 3.8) is 0 Å². The summed E-state index contributed by atoms with van der Waals surface area (Å²) < 4.78 is 185. The minimum Gasteiger partial charge on any atom is -0.455 e. The van der Waals surface area contributed by atoms with Crippen molar-refractivity contribution in [1.29, 1.82) is 0 Å². The van der Waals surface area contributed by atoms with Crippen LogP contribution in [0.4, 0.5) is 0 Å². The molecule has 0 fully saturated rings. The molecule has 0 bridgehead atoms. The van der Waals surface area contributed by atoms with E-state index in [1.807, 2.05) is 0 Å². The van der Waals surface area contributed by atoms with E-state index in [4.69, 9.17) is 34.9 Å². The third-order valence-electron chi connectivity index (χ3n) is 8.15. The first-order valence-corrected chi connectivity index (χ1v) is 15.1. The lowest BCUT2D eigenvalue weighted by Gasteiger charge is -2.08.